The first-order valence-corrected chi connectivity index (χ1v) is 2.74. The molecule has 0 saturated carbocycles. The van der Waals surface area contributed by atoms with Crippen LogP contribution in [0.1, 0.15) is 13.8 Å². The van der Waals surface area contributed by atoms with Gasteiger partial charge >= 0.3 is 5.97 Å². The minimum atomic E-state index is -0.931. The number of aliphatic carboxylic acids is 1. The highest BCUT2D eigenvalue weighted by atomic mass is 17.0. The maximum atomic E-state index is 10.0. The van der Waals surface area contributed by atoms with Gasteiger partial charge in [-0.1, -0.05) is 13.8 Å². The molecule has 0 aromatic heterocycles. The van der Waals surface area contributed by atoms with Gasteiger partial charge in [-0.3, -0.25) is 15.3 Å². The first-order chi connectivity index (χ1) is 4.55. The molecule has 62 valence electrons. The van der Waals surface area contributed by atoms with E-state index in [1.807, 2.05) is 0 Å². The lowest BCUT2D eigenvalue weighted by Crippen LogP contribution is -2.34. The van der Waals surface area contributed by atoms with Gasteiger partial charge in [-0.25, -0.2) is 0 Å². The summed E-state index contributed by atoms with van der Waals surface area (Å²) in [5.41, 5.74) is 5.16. The summed E-state index contributed by atoms with van der Waals surface area (Å²) < 4.78 is 0. The predicted molar refractivity (Wildman–Crippen MR) is 35.7 cm³/mol. The average Bonchev–Trinajstić information content (AvgIpc) is 1.90. The number of carboxylic acid groups (broad SMARTS) is 1. The molecule has 0 aliphatic heterocycles. The lowest BCUT2D eigenvalue weighted by atomic mass is 10.1. The van der Waals surface area contributed by atoms with Crippen molar-refractivity contribution in [2.45, 2.75) is 19.9 Å². The van der Waals surface area contributed by atoms with E-state index in [1.54, 1.807) is 13.8 Å². The fourth-order valence-electron chi connectivity index (χ4n) is 0.285. The Balaban J connectivity index is 0. The van der Waals surface area contributed by atoms with E-state index >= 15 is 0 Å². The van der Waals surface area contributed by atoms with Crippen molar-refractivity contribution in [1.29, 1.82) is 0 Å². The molecule has 10 heavy (non-hydrogen) atoms. The molecular weight excluding hydrogens is 138 g/mol. The maximum absolute atomic E-state index is 10.0. The van der Waals surface area contributed by atoms with Crippen molar-refractivity contribution in [2.24, 2.45) is 11.7 Å². The molecule has 0 rings (SSSR count). The second kappa shape index (κ2) is 6.47. The molecule has 0 bridgehead atoms. The number of rotatable bonds is 2. The fourth-order valence-corrected chi connectivity index (χ4v) is 0.285. The zero-order valence-corrected chi connectivity index (χ0v) is 5.98. The van der Waals surface area contributed by atoms with Crippen molar-refractivity contribution in [3.8, 4) is 0 Å². The number of nitrogens with two attached hydrogens (primary N) is 1. The Bertz CT molecular complexity index is 93.6. The predicted octanol–water partition coefficient (Wildman–Crippen LogP) is 0.0717. The summed E-state index contributed by atoms with van der Waals surface area (Å²) in [6.07, 6.45) is 0. The normalized spacial score (nSPS) is 11.8. The molecule has 0 spiro atoms. The van der Waals surface area contributed by atoms with Gasteiger partial charge in [-0.15, -0.1) is 0 Å². The van der Waals surface area contributed by atoms with Crippen LogP contribution in [0, 0.1) is 5.92 Å². The molecule has 0 aromatic rings. The second-order valence-electron chi connectivity index (χ2n) is 2.11. The third kappa shape index (κ3) is 5.49. The van der Waals surface area contributed by atoms with Crippen molar-refractivity contribution >= 4 is 5.97 Å². The molecule has 0 aliphatic carbocycles. The quantitative estimate of drug-likeness (QED) is 0.330. The number of carboxylic acids is 1. The van der Waals surface area contributed by atoms with E-state index in [1.165, 1.54) is 0 Å². The van der Waals surface area contributed by atoms with Crippen molar-refractivity contribution in [2.75, 3.05) is 0 Å². The Morgan fingerprint density at radius 1 is 1.40 bits per heavy atom. The van der Waals surface area contributed by atoms with Gasteiger partial charge in [0.05, 0.1) is 0 Å². The molecule has 5 heteroatoms. The van der Waals surface area contributed by atoms with Gasteiger partial charge in [0, 0.05) is 0 Å². The average molecular weight is 151 g/mol. The van der Waals surface area contributed by atoms with Gasteiger partial charge in [-0.2, -0.15) is 0 Å². The summed E-state index contributed by atoms with van der Waals surface area (Å²) >= 11 is 0. The highest BCUT2D eigenvalue weighted by Gasteiger charge is 2.14. The van der Waals surface area contributed by atoms with E-state index in [0.717, 1.165) is 0 Å². The number of hydrogen-bond donors (Lipinski definition) is 4. The van der Waals surface area contributed by atoms with Gasteiger partial charge in [-0.05, 0) is 5.92 Å². The molecule has 0 radical (unpaired) electrons. The van der Waals surface area contributed by atoms with Crippen LogP contribution in [0.15, 0.2) is 0 Å². The third-order valence-corrected chi connectivity index (χ3v) is 1.00. The van der Waals surface area contributed by atoms with Crippen LogP contribution < -0.4 is 5.73 Å². The Morgan fingerprint density at radius 2 is 1.70 bits per heavy atom. The van der Waals surface area contributed by atoms with Crippen molar-refractivity contribution in [1.82, 2.24) is 0 Å². The summed E-state index contributed by atoms with van der Waals surface area (Å²) in [4.78, 5) is 10.0. The monoisotopic (exact) mass is 151 g/mol. The molecule has 0 unspecified atom stereocenters. The molecule has 5 nitrogen and oxygen atoms in total. The summed E-state index contributed by atoms with van der Waals surface area (Å²) in [5.74, 6) is -0.910. The van der Waals surface area contributed by atoms with E-state index in [2.05, 4.69) is 0 Å². The van der Waals surface area contributed by atoms with Crippen LogP contribution in [0.2, 0.25) is 0 Å². The highest BCUT2D eigenvalue weighted by molar-refractivity contribution is 5.73. The van der Waals surface area contributed by atoms with Gasteiger partial charge in [0.1, 0.15) is 6.04 Å². The summed E-state index contributed by atoms with van der Waals surface area (Å²) in [6, 6.07) is -0.713. The molecule has 0 amide bonds. The summed E-state index contributed by atoms with van der Waals surface area (Å²) in [7, 11) is 0. The van der Waals surface area contributed by atoms with Crippen LogP contribution in [0.4, 0.5) is 0 Å². The van der Waals surface area contributed by atoms with Crippen LogP contribution in [-0.2, 0) is 4.79 Å². The summed E-state index contributed by atoms with van der Waals surface area (Å²) in [6.45, 7) is 3.55. The van der Waals surface area contributed by atoms with Gasteiger partial charge in [0.15, 0.2) is 0 Å². The van der Waals surface area contributed by atoms with Crippen LogP contribution >= 0.6 is 0 Å². The molecule has 0 heterocycles. The molecule has 5 N–H and O–H groups in total. The van der Waals surface area contributed by atoms with E-state index in [0.29, 0.717) is 0 Å². The third-order valence-electron chi connectivity index (χ3n) is 1.00. The SMILES string of the molecule is CC(C)[C@H](N)C(=O)O.OO. The van der Waals surface area contributed by atoms with Crippen molar-refractivity contribution in [3.63, 3.8) is 0 Å². The lowest BCUT2D eigenvalue weighted by Gasteiger charge is -2.07. The molecular formula is C5H13NO4. The van der Waals surface area contributed by atoms with Crippen molar-refractivity contribution < 1.29 is 20.4 Å². The Kier molecular flexibility index (Phi) is 7.81. The van der Waals surface area contributed by atoms with Gasteiger partial charge < -0.3 is 10.8 Å². The Hall–Kier alpha value is -0.650. The first kappa shape index (κ1) is 12.1. The smallest absolute Gasteiger partial charge is 0.320 e. The van der Waals surface area contributed by atoms with E-state index in [4.69, 9.17) is 21.4 Å². The van der Waals surface area contributed by atoms with Crippen LogP contribution in [0.5, 0.6) is 0 Å². The van der Waals surface area contributed by atoms with E-state index < -0.39 is 12.0 Å². The van der Waals surface area contributed by atoms with Gasteiger partial charge in [0.25, 0.3) is 0 Å². The number of hydrogen-bond acceptors (Lipinski definition) is 4. The fraction of sp³-hybridized carbons (Fsp3) is 0.800. The molecule has 0 aromatic carbocycles. The maximum Gasteiger partial charge on any atom is 0.320 e. The zero-order chi connectivity index (χ0) is 8.73. The van der Waals surface area contributed by atoms with Crippen LogP contribution in [0.3, 0.4) is 0 Å². The summed E-state index contributed by atoms with van der Waals surface area (Å²) in [5, 5.41) is 20.2. The minimum Gasteiger partial charge on any atom is -0.480 e. The number of carbonyl (C=O) groups is 1. The Labute approximate surface area is 59.0 Å². The van der Waals surface area contributed by atoms with E-state index in [-0.39, 0.29) is 5.92 Å². The molecule has 1 atom stereocenters. The topological polar surface area (TPSA) is 104 Å². The molecule has 0 fully saturated rings. The Morgan fingerprint density at radius 3 is 1.70 bits per heavy atom. The molecule has 0 saturated heterocycles. The van der Waals surface area contributed by atoms with Crippen LogP contribution in [-0.4, -0.2) is 27.6 Å². The highest BCUT2D eigenvalue weighted by Crippen LogP contribution is 1.96. The minimum absolute atomic E-state index is 0.0208. The molecule has 0 aliphatic rings. The largest absolute Gasteiger partial charge is 0.480 e. The van der Waals surface area contributed by atoms with E-state index in [9.17, 15) is 4.79 Å². The lowest BCUT2D eigenvalue weighted by molar-refractivity contribution is -0.176. The second-order valence-corrected chi connectivity index (χ2v) is 2.11. The van der Waals surface area contributed by atoms with Crippen molar-refractivity contribution in [3.05, 3.63) is 0 Å². The van der Waals surface area contributed by atoms with Gasteiger partial charge in [0.2, 0.25) is 0 Å². The standard InChI is InChI=1S/C5H11NO2.H2O2/c1-3(2)4(6)5(7)8;1-2/h3-4H,6H2,1-2H3,(H,7,8);1-2H/t4-;/m0./s1. The zero-order valence-electron chi connectivity index (χ0n) is 5.98. The van der Waals surface area contributed by atoms with Crippen LogP contribution in [0.25, 0.3) is 0 Å². The first-order valence-electron chi connectivity index (χ1n) is 2.74.